The van der Waals surface area contributed by atoms with Gasteiger partial charge in [-0.1, -0.05) is 31.0 Å². The van der Waals surface area contributed by atoms with E-state index in [1.54, 1.807) is 17.4 Å². The van der Waals surface area contributed by atoms with E-state index < -0.39 is 0 Å². The molecule has 1 heterocycles. The molecule has 3 N–H and O–H groups in total. The van der Waals surface area contributed by atoms with Crippen LogP contribution < -0.4 is 11.1 Å². The zero-order chi connectivity index (χ0) is 13.0. The fourth-order valence-corrected chi connectivity index (χ4v) is 2.96. The van der Waals surface area contributed by atoms with Crippen LogP contribution in [0.25, 0.3) is 0 Å². The molecule has 0 saturated heterocycles. The summed E-state index contributed by atoms with van der Waals surface area (Å²) in [6.07, 6.45) is 2.21. The van der Waals surface area contributed by atoms with Gasteiger partial charge in [-0.05, 0) is 36.1 Å². The average molecular weight is 281 g/mol. The molecule has 1 aromatic heterocycles. The fourth-order valence-electron chi connectivity index (χ4n) is 1.90. The van der Waals surface area contributed by atoms with Gasteiger partial charge < -0.3 is 11.1 Å². The summed E-state index contributed by atoms with van der Waals surface area (Å²) in [7, 11) is 0. The highest BCUT2D eigenvalue weighted by molar-refractivity contribution is 7.10. The Balaban J connectivity index is 2.18. The van der Waals surface area contributed by atoms with E-state index in [-0.39, 0.29) is 0 Å². The van der Waals surface area contributed by atoms with Crippen molar-refractivity contribution in [1.82, 2.24) is 0 Å². The number of nitrogens with one attached hydrogen (secondary N) is 1. The second-order valence-corrected chi connectivity index (χ2v) is 5.63. The lowest BCUT2D eigenvalue weighted by molar-refractivity contribution is 0.688. The van der Waals surface area contributed by atoms with Crippen molar-refractivity contribution in [2.45, 2.75) is 25.8 Å². The smallest absolute Gasteiger partial charge is 0.0658 e. The van der Waals surface area contributed by atoms with E-state index >= 15 is 0 Å². The summed E-state index contributed by atoms with van der Waals surface area (Å²) < 4.78 is 0. The molecule has 2 rings (SSSR count). The topological polar surface area (TPSA) is 38.0 Å². The van der Waals surface area contributed by atoms with Crippen LogP contribution >= 0.6 is 22.9 Å². The van der Waals surface area contributed by atoms with Crippen LogP contribution in [-0.2, 0) is 0 Å². The van der Waals surface area contributed by atoms with Gasteiger partial charge in [0, 0.05) is 10.6 Å². The maximum Gasteiger partial charge on any atom is 0.0658 e. The second-order valence-electron chi connectivity index (χ2n) is 4.24. The largest absolute Gasteiger partial charge is 0.399 e. The van der Waals surface area contributed by atoms with Gasteiger partial charge in [0.2, 0.25) is 0 Å². The lowest BCUT2D eigenvalue weighted by Crippen LogP contribution is -2.09. The normalized spacial score (nSPS) is 12.3. The Morgan fingerprint density at radius 1 is 1.39 bits per heavy atom. The van der Waals surface area contributed by atoms with Crippen molar-refractivity contribution >= 4 is 34.3 Å². The van der Waals surface area contributed by atoms with Crippen molar-refractivity contribution in [2.75, 3.05) is 11.1 Å². The molecule has 0 saturated carbocycles. The molecule has 96 valence electrons. The summed E-state index contributed by atoms with van der Waals surface area (Å²) >= 11 is 7.97. The number of rotatable bonds is 5. The van der Waals surface area contributed by atoms with E-state index in [9.17, 15) is 0 Å². The average Bonchev–Trinajstić information content (AvgIpc) is 2.85. The molecule has 2 nitrogen and oxygen atoms in total. The Morgan fingerprint density at radius 2 is 2.22 bits per heavy atom. The Hall–Kier alpha value is -1.19. The molecule has 0 aliphatic rings. The molecule has 18 heavy (non-hydrogen) atoms. The fraction of sp³-hybridized carbons (Fsp3) is 0.286. The van der Waals surface area contributed by atoms with Gasteiger partial charge >= 0.3 is 0 Å². The molecule has 0 fully saturated rings. The number of nitrogens with two attached hydrogens (primary N) is 1. The van der Waals surface area contributed by atoms with Crippen molar-refractivity contribution in [2.24, 2.45) is 0 Å². The molecule has 0 bridgehead atoms. The second kappa shape index (κ2) is 6.12. The molecule has 4 heteroatoms. The molecule has 0 amide bonds. The summed E-state index contributed by atoms with van der Waals surface area (Å²) in [6.45, 7) is 2.19. The van der Waals surface area contributed by atoms with Gasteiger partial charge in [0.15, 0.2) is 0 Å². The van der Waals surface area contributed by atoms with Gasteiger partial charge in [-0.15, -0.1) is 11.3 Å². The van der Waals surface area contributed by atoms with Crippen molar-refractivity contribution in [3.8, 4) is 0 Å². The summed E-state index contributed by atoms with van der Waals surface area (Å²) in [5, 5.41) is 6.28. The van der Waals surface area contributed by atoms with E-state index in [2.05, 4.69) is 29.8 Å². The highest BCUT2D eigenvalue weighted by atomic mass is 35.5. The molecular weight excluding hydrogens is 264 g/mol. The van der Waals surface area contributed by atoms with E-state index in [0.29, 0.717) is 16.8 Å². The molecule has 1 atom stereocenters. The van der Waals surface area contributed by atoms with Crippen molar-refractivity contribution in [3.63, 3.8) is 0 Å². The first-order valence-corrected chi connectivity index (χ1v) is 7.31. The molecule has 1 aromatic carbocycles. The third-order valence-electron chi connectivity index (χ3n) is 2.79. The van der Waals surface area contributed by atoms with Crippen molar-refractivity contribution < 1.29 is 0 Å². The molecule has 1 unspecified atom stereocenters. The minimum atomic E-state index is 0.316. The SMILES string of the molecule is CCCC(Nc1ccc(N)cc1Cl)c1cccs1. The van der Waals surface area contributed by atoms with Crippen LogP contribution in [0.15, 0.2) is 35.7 Å². The highest BCUT2D eigenvalue weighted by Gasteiger charge is 2.12. The first-order chi connectivity index (χ1) is 8.70. The maximum absolute atomic E-state index is 6.20. The minimum Gasteiger partial charge on any atom is -0.399 e. The predicted octanol–water partition coefficient (Wildman–Crippen LogP) is 4.94. The minimum absolute atomic E-state index is 0.316. The third-order valence-corrected chi connectivity index (χ3v) is 4.09. The molecule has 0 aliphatic heterocycles. The van der Waals surface area contributed by atoms with Gasteiger partial charge in [0.25, 0.3) is 0 Å². The first kappa shape index (κ1) is 13.2. The molecule has 0 spiro atoms. The monoisotopic (exact) mass is 280 g/mol. The van der Waals surface area contributed by atoms with E-state index in [4.69, 9.17) is 17.3 Å². The van der Waals surface area contributed by atoms with Crippen LogP contribution in [-0.4, -0.2) is 0 Å². The third kappa shape index (κ3) is 3.18. The van der Waals surface area contributed by atoms with Crippen LogP contribution in [0.1, 0.15) is 30.7 Å². The van der Waals surface area contributed by atoms with E-state index in [0.717, 1.165) is 18.5 Å². The lowest BCUT2D eigenvalue weighted by Gasteiger charge is -2.19. The maximum atomic E-state index is 6.20. The Morgan fingerprint density at radius 3 is 2.83 bits per heavy atom. The number of thiophene rings is 1. The molecular formula is C14H17ClN2S. The summed E-state index contributed by atoms with van der Waals surface area (Å²) in [5.41, 5.74) is 7.33. The predicted molar refractivity (Wildman–Crippen MR) is 81.5 cm³/mol. The van der Waals surface area contributed by atoms with E-state index in [1.807, 2.05) is 12.1 Å². The number of anilines is 2. The van der Waals surface area contributed by atoms with Crippen LogP contribution in [0.5, 0.6) is 0 Å². The van der Waals surface area contributed by atoms with E-state index in [1.165, 1.54) is 4.88 Å². The quantitative estimate of drug-likeness (QED) is 0.762. The van der Waals surface area contributed by atoms with Crippen molar-refractivity contribution in [1.29, 1.82) is 0 Å². The Bertz CT molecular complexity index is 497. The number of hydrogen-bond acceptors (Lipinski definition) is 3. The zero-order valence-electron chi connectivity index (χ0n) is 10.3. The number of hydrogen-bond donors (Lipinski definition) is 2. The zero-order valence-corrected chi connectivity index (χ0v) is 11.9. The first-order valence-electron chi connectivity index (χ1n) is 6.05. The molecule has 0 radical (unpaired) electrons. The molecule has 0 aliphatic carbocycles. The van der Waals surface area contributed by atoms with Gasteiger partial charge in [-0.2, -0.15) is 0 Å². The van der Waals surface area contributed by atoms with Crippen LogP contribution in [0.4, 0.5) is 11.4 Å². The Labute approximate surface area is 117 Å². The van der Waals surface area contributed by atoms with Gasteiger partial charge in [0.05, 0.1) is 16.8 Å². The summed E-state index contributed by atoms with van der Waals surface area (Å²) in [4.78, 5) is 1.34. The summed E-state index contributed by atoms with van der Waals surface area (Å²) in [6, 6.07) is 10.1. The van der Waals surface area contributed by atoms with Crippen LogP contribution in [0, 0.1) is 0 Å². The number of halogens is 1. The van der Waals surface area contributed by atoms with Crippen LogP contribution in [0.2, 0.25) is 5.02 Å². The highest BCUT2D eigenvalue weighted by Crippen LogP contribution is 2.31. The molecule has 2 aromatic rings. The van der Waals surface area contributed by atoms with Crippen molar-refractivity contribution in [3.05, 3.63) is 45.6 Å². The van der Waals surface area contributed by atoms with Gasteiger partial charge in [0.1, 0.15) is 0 Å². The van der Waals surface area contributed by atoms with Gasteiger partial charge in [-0.3, -0.25) is 0 Å². The number of benzene rings is 1. The van der Waals surface area contributed by atoms with Gasteiger partial charge in [-0.25, -0.2) is 0 Å². The lowest BCUT2D eigenvalue weighted by atomic mass is 10.1. The van der Waals surface area contributed by atoms with Crippen LogP contribution in [0.3, 0.4) is 0 Å². The number of nitrogen functional groups attached to an aromatic ring is 1. The Kier molecular flexibility index (Phi) is 4.50. The summed E-state index contributed by atoms with van der Waals surface area (Å²) in [5.74, 6) is 0. The standard InChI is InChI=1S/C14H17ClN2S/c1-2-4-13(14-5-3-8-18-14)17-12-7-6-10(16)9-11(12)15/h3,5-9,13,17H,2,4,16H2,1H3.